The molecule has 2 aromatic heterocycles. The summed E-state index contributed by atoms with van der Waals surface area (Å²) < 4.78 is 45.2. The summed E-state index contributed by atoms with van der Waals surface area (Å²) in [4.78, 5) is 11.6. The summed E-state index contributed by atoms with van der Waals surface area (Å²) in [7, 11) is 0. The molecule has 8 heteroatoms. The average molecular weight is 417 g/mol. The van der Waals surface area contributed by atoms with Gasteiger partial charge in [-0.1, -0.05) is 30.0 Å². The van der Waals surface area contributed by atoms with Crippen LogP contribution in [0.4, 0.5) is 13.2 Å². The standard InChI is InChI=1S/C21H18F3N3OS/c1-12(2)28-18-10-19(21(22,23)24)25-15-8-7-13(9-14(15)18)11-29-20-26-16-5-3-4-6-17(16)27-20/h3-10,12H,11H2,1-2H3,(H,26,27). The number of aromatic amines is 1. The Hall–Kier alpha value is -2.74. The second-order valence-corrected chi connectivity index (χ2v) is 7.83. The van der Waals surface area contributed by atoms with Crippen LogP contribution in [0.5, 0.6) is 5.75 Å². The molecule has 0 unspecified atom stereocenters. The molecule has 0 aliphatic heterocycles. The van der Waals surface area contributed by atoms with E-state index in [-0.39, 0.29) is 17.4 Å². The maximum atomic E-state index is 13.2. The van der Waals surface area contributed by atoms with Crippen LogP contribution in [-0.2, 0) is 11.9 Å². The van der Waals surface area contributed by atoms with Crippen LogP contribution in [0.15, 0.2) is 53.7 Å². The summed E-state index contributed by atoms with van der Waals surface area (Å²) in [6.45, 7) is 3.56. The molecular formula is C21H18F3N3OS. The van der Waals surface area contributed by atoms with Gasteiger partial charge in [-0.3, -0.25) is 0 Å². The Morgan fingerprint density at radius 1 is 1.03 bits per heavy atom. The molecule has 2 heterocycles. The van der Waals surface area contributed by atoms with Gasteiger partial charge in [0.05, 0.1) is 22.7 Å². The van der Waals surface area contributed by atoms with Crippen molar-refractivity contribution >= 4 is 33.7 Å². The summed E-state index contributed by atoms with van der Waals surface area (Å²) in [5, 5.41) is 1.35. The predicted molar refractivity (Wildman–Crippen MR) is 108 cm³/mol. The van der Waals surface area contributed by atoms with Crippen molar-refractivity contribution in [3.8, 4) is 5.75 Å². The second kappa shape index (κ2) is 7.59. The van der Waals surface area contributed by atoms with E-state index in [4.69, 9.17) is 4.74 Å². The van der Waals surface area contributed by atoms with E-state index in [0.717, 1.165) is 27.8 Å². The second-order valence-electron chi connectivity index (χ2n) is 6.87. The van der Waals surface area contributed by atoms with Crippen LogP contribution >= 0.6 is 11.8 Å². The molecule has 4 aromatic rings. The monoisotopic (exact) mass is 417 g/mol. The number of imidazole rings is 1. The molecule has 0 amide bonds. The summed E-state index contributed by atoms with van der Waals surface area (Å²) in [5.74, 6) is 0.797. The molecule has 29 heavy (non-hydrogen) atoms. The maximum absolute atomic E-state index is 13.2. The third-order valence-corrected chi connectivity index (χ3v) is 5.18. The van der Waals surface area contributed by atoms with E-state index in [1.807, 2.05) is 30.3 Å². The number of halogens is 3. The highest BCUT2D eigenvalue weighted by Gasteiger charge is 2.33. The van der Waals surface area contributed by atoms with E-state index in [1.165, 1.54) is 11.8 Å². The fourth-order valence-electron chi connectivity index (χ4n) is 2.98. The first-order valence-corrected chi connectivity index (χ1v) is 10.0. The van der Waals surface area contributed by atoms with Gasteiger partial charge in [0.15, 0.2) is 5.16 Å². The van der Waals surface area contributed by atoms with Crippen LogP contribution in [0, 0.1) is 0 Å². The molecule has 4 rings (SSSR count). The number of nitrogens with one attached hydrogen (secondary N) is 1. The molecule has 0 radical (unpaired) electrons. The lowest BCUT2D eigenvalue weighted by Gasteiger charge is -2.15. The fraction of sp³-hybridized carbons (Fsp3) is 0.238. The number of hydrogen-bond donors (Lipinski definition) is 1. The molecule has 2 aromatic carbocycles. The minimum absolute atomic E-state index is 0.188. The van der Waals surface area contributed by atoms with Gasteiger partial charge in [-0.25, -0.2) is 9.97 Å². The number of H-pyrrole nitrogens is 1. The van der Waals surface area contributed by atoms with Gasteiger partial charge < -0.3 is 9.72 Å². The Bertz CT molecular complexity index is 1140. The minimum atomic E-state index is -4.53. The van der Waals surface area contributed by atoms with Crippen molar-refractivity contribution in [2.24, 2.45) is 0 Å². The minimum Gasteiger partial charge on any atom is -0.490 e. The number of nitrogens with zero attached hydrogens (tertiary/aromatic N) is 2. The molecule has 0 fully saturated rings. The highest BCUT2D eigenvalue weighted by molar-refractivity contribution is 7.98. The average Bonchev–Trinajstić information content (AvgIpc) is 3.08. The van der Waals surface area contributed by atoms with Gasteiger partial charge in [-0.05, 0) is 43.7 Å². The summed E-state index contributed by atoms with van der Waals surface area (Å²) in [6, 6.07) is 14.0. The number of hydrogen-bond acceptors (Lipinski definition) is 4. The first-order chi connectivity index (χ1) is 13.8. The molecule has 0 aliphatic carbocycles. The predicted octanol–water partition coefficient (Wildman–Crippen LogP) is 6.21. The number of thioether (sulfide) groups is 1. The Kier molecular flexibility index (Phi) is 5.12. The van der Waals surface area contributed by atoms with Gasteiger partial charge in [-0.2, -0.15) is 13.2 Å². The SMILES string of the molecule is CC(C)Oc1cc(C(F)(F)F)nc2ccc(CSc3nc4ccccc4[nH]3)cc12. The van der Waals surface area contributed by atoms with Gasteiger partial charge in [0.2, 0.25) is 0 Å². The molecule has 4 nitrogen and oxygen atoms in total. The Balaban J connectivity index is 1.65. The zero-order valence-corrected chi connectivity index (χ0v) is 16.6. The van der Waals surface area contributed by atoms with Crippen LogP contribution in [0.1, 0.15) is 25.1 Å². The maximum Gasteiger partial charge on any atom is 0.433 e. The number of para-hydroxylation sites is 2. The van der Waals surface area contributed by atoms with Gasteiger partial charge in [-0.15, -0.1) is 0 Å². The van der Waals surface area contributed by atoms with Gasteiger partial charge >= 0.3 is 6.18 Å². The van der Waals surface area contributed by atoms with E-state index in [1.54, 1.807) is 26.0 Å². The zero-order chi connectivity index (χ0) is 20.6. The molecule has 0 saturated heterocycles. The van der Waals surface area contributed by atoms with E-state index < -0.39 is 11.9 Å². The third kappa shape index (κ3) is 4.32. The van der Waals surface area contributed by atoms with E-state index in [0.29, 0.717) is 11.1 Å². The lowest BCUT2D eigenvalue weighted by molar-refractivity contribution is -0.141. The van der Waals surface area contributed by atoms with E-state index in [9.17, 15) is 13.2 Å². The van der Waals surface area contributed by atoms with Crippen LogP contribution in [0.25, 0.3) is 21.9 Å². The summed E-state index contributed by atoms with van der Waals surface area (Å²) >= 11 is 1.53. The summed E-state index contributed by atoms with van der Waals surface area (Å²) in [6.07, 6.45) is -4.78. The topological polar surface area (TPSA) is 50.8 Å². The fourth-order valence-corrected chi connectivity index (χ4v) is 3.81. The summed E-state index contributed by atoms with van der Waals surface area (Å²) in [5.41, 5.74) is 2.10. The quantitative estimate of drug-likeness (QED) is 0.392. The highest BCUT2D eigenvalue weighted by Crippen LogP contribution is 2.35. The van der Waals surface area contributed by atoms with Gasteiger partial charge in [0, 0.05) is 17.2 Å². The van der Waals surface area contributed by atoms with Crippen molar-refractivity contribution < 1.29 is 17.9 Å². The number of aromatic nitrogens is 3. The number of rotatable bonds is 5. The van der Waals surface area contributed by atoms with Crippen molar-refractivity contribution in [2.75, 3.05) is 0 Å². The lowest BCUT2D eigenvalue weighted by Crippen LogP contribution is -2.11. The normalized spacial score (nSPS) is 12.2. The number of fused-ring (bicyclic) bond motifs is 2. The third-order valence-electron chi connectivity index (χ3n) is 4.23. The molecule has 1 N–H and O–H groups in total. The van der Waals surface area contributed by atoms with Crippen LogP contribution < -0.4 is 4.74 Å². The van der Waals surface area contributed by atoms with Crippen molar-refractivity contribution in [3.63, 3.8) is 0 Å². The molecular weight excluding hydrogens is 399 g/mol. The van der Waals surface area contributed by atoms with E-state index in [2.05, 4.69) is 15.0 Å². The molecule has 0 aliphatic rings. The van der Waals surface area contributed by atoms with E-state index >= 15 is 0 Å². The van der Waals surface area contributed by atoms with Crippen molar-refractivity contribution in [1.29, 1.82) is 0 Å². The molecule has 0 atom stereocenters. The molecule has 0 spiro atoms. The Morgan fingerprint density at radius 3 is 2.55 bits per heavy atom. The van der Waals surface area contributed by atoms with Crippen LogP contribution in [0.3, 0.4) is 0 Å². The highest BCUT2D eigenvalue weighted by atomic mass is 32.2. The van der Waals surface area contributed by atoms with Crippen LogP contribution in [0.2, 0.25) is 0 Å². The van der Waals surface area contributed by atoms with Crippen molar-refractivity contribution in [2.45, 2.75) is 37.0 Å². The molecule has 0 bridgehead atoms. The number of benzene rings is 2. The Morgan fingerprint density at radius 2 is 1.83 bits per heavy atom. The number of ether oxygens (including phenoxy) is 1. The van der Waals surface area contributed by atoms with Crippen molar-refractivity contribution in [1.82, 2.24) is 15.0 Å². The number of alkyl halides is 3. The lowest BCUT2D eigenvalue weighted by atomic mass is 10.1. The van der Waals surface area contributed by atoms with Crippen molar-refractivity contribution in [3.05, 3.63) is 59.8 Å². The first-order valence-electron chi connectivity index (χ1n) is 9.04. The first kappa shape index (κ1) is 19.6. The molecule has 150 valence electrons. The number of pyridine rings is 1. The smallest absolute Gasteiger partial charge is 0.433 e. The van der Waals surface area contributed by atoms with Crippen LogP contribution in [-0.4, -0.2) is 21.1 Å². The largest absolute Gasteiger partial charge is 0.490 e. The Labute approximate surface area is 169 Å². The van der Waals surface area contributed by atoms with Gasteiger partial charge in [0.1, 0.15) is 11.4 Å². The molecule has 0 saturated carbocycles. The van der Waals surface area contributed by atoms with Gasteiger partial charge in [0.25, 0.3) is 0 Å². The zero-order valence-electron chi connectivity index (χ0n) is 15.7.